The van der Waals surface area contributed by atoms with Gasteiger partial charge in [0.2, 0.25) is 9.47 Å². The Morgan fingerprint density at radius 3 is 1.45 bits per heavy atom. The van der Waals surface area contributed by atoms with Gasteiger partial charge in [-0.15, -0.1) is 20.4 Å². The van der Waals surface area contributed by atoms with Gasteiger partial charge in [0.25, 0.3) is 0 Å². The number of carboxylic acid groups (broad SMARTS) is 1. The molecule has 6 aromatic rings. The number of aromatic nitrogens is 6. The number of rotatable bonds is 16. The van der Waals surface area contributed by atoms with Gasteiger partial charge >= 0.3 is 17.9 Å². The van der Waals surface area contributed by atoms with Crippen LogP contribution >= 0.6 is 55.4 Å². The van der Waals surface area contributed by atoms with Crippen molar-refractivity contribution in [3.05, 3.63) is 93.4 Å². The minimum atomic E-state index is -0.875. The number of ketones is 1. The first-order valence-corrected chi connectivity index (χ1v) is 25.0. The van der Waals surface area contributed by atoms with Crippen molar-refractivity contribution in [2.75, 3.05) is 11.5 Å². The Morgan fingerprint density at radius 2 is 1.06 bits per heavy atom. The average Bonchev–Trinajstić information content (AvgIpc) is 4.21. The zero-order chi connectivity index (χ0) is 46.9. The van der Waals surface area contributed by atoms with Crippen LogP contribution in [0.3, 0.4) is 0 Å². The van der Waals surface area contributed by atoms with Gasteiger partial charge in [-0.05, 0) is 138 Å². The molecule has 3 N–H and O–H groups in total. The zero-order valence-electron chi connectivity index (χ0n) is 37.1. The van der Waals surface area contributed by atoms with Gasteiger partial charge < -0.3 is 20.3 Å². The second-order valence-electron chi connectivity index (χ2n) is 16.5. The lowest BCUT2D eigenvalue weighted by atomic mass is 9.99. The first-order chi connectivity index (χ1) is 31.0. The monoisotopic (exact) mass is 1050 g/mol. The Balaban J connectivity index is 0.000000186. The van der Waals surface area contributed by atoms with Crippen LogP contribution in [0.15, 0.2) is 92.6 Å². The quantitative estimate of drug-likeness (QED) is 0.0687. The molecule has 4 aromatic carbocycles. The largest absolute Gasteiger partial charge is 0.481 e. The van der Waals surface area contributed by atoms with Crippen LogP contribution in [0.1, 0.15) is 96.6 Å². The van der Waals surface area contributed by atoms with E-state index in [4.69, 9.17) is 20.3 Å². The second-order valence-corrected chi connectivity index (χ2v) is 19.8. The Labute approximate surface area is 403 Å². The standard InChI is InChI=1S/C24H26BrN3O3S.C17H14BrN3O2S.C6H13NO2/c1-14(2)31-22(30)15(3)12-17(29)13-32-24-27-26-23(25)28(24)21-11-10-18(16-8-9-16)19-6-4-5-7-20(19)21;18-16-19-20-17(24-9-15(22)23)21(16)14-8-7-11(10-5-6-10)12-3-1-2-4-13(12)14;1-4(2)9-6(8)5(3)7/h4-7,10-11,14-16H,8-9,12-13H2,1-3H3;1-4,7-8,10H,5-6,9H2,(H,22,23);4-5H,7H2,1-3H3. The molecular formula is C47H53Br2N7O7S2. The number of Topliss-reactive ketones (excluding diaryl/α,β-unsaturated/α-hetero) is 1. The van der Waals surface area contributed by atoms with E-state index in [1.165, 1.54) is 59.3 Å². The summed E-state index contributed by atoms with van der Waals surface area (Å²) in [6, 6.07) is 24.8. The van der Waals surface area contributed by atoms with Gasteiger partial charge in [0.15, 0.2) is 10.3 Å². The number of nitrogens with two attached hydrogens (primary N) is 1. The number of halogens is 2. The van der Waals surface area contributed by atoms with Crippen LogP contribution < -0.4 is 5.73 Å². The summed E-state index contributed by atoms with van der Waals surface area (Å²) in [5.74, 6) is -0.581. The summed E-state index contributed by atoms with van der Waals surface area (Å²) >= 11 is 9.44. The summed E-state index contributed by atoms with van der Waals surface area (Å²) in [6.45, 7) is 10.5. The van der Waals surface area contributed by atoms with Gasteiger partial charge in [0.1, 0.15) is 11.8 Å². The van der Waals surface area contributed by atoms with Crippen molar-refractivity contribution in [2.24, 2.45) is 11.7 Å². The Morgan fingerprint density at radius 1 is 0.646 bits per heavy atom. The number of ether oxygens (including phenoxy) is 2. The molecular weight excluding hydrogens is 999 g/mol. The normalized spacial score (nSPS) is 14.3. The van der Waals surface area contributed by atoms with Crippen LogP contribution in [-0.4, -0.2) is 88.1 Å². The van der Waals surface area contributed by atoms with Crippen molar-refractivity contribution in [3.8, 4) is 11.4 Å². The van der Waals surface area contributed by atoms with E-state index in [0.717, 1.165) is 33.9 Å². The molecule has 2 aliphatic rings. The van der Waals surface area contributed by atoms with E-state index < -0.39 is 17.9 Å². The highest BCUT2D eigenvalue weighted by atomic mass is 79.9. The first kappa shape index (κ1) is 49.8. The predicted octanol–water partition coefficient (Wildman–Crippen LogP) is 10.2. The number of hydrogen-bond acceptors (Lipinski definition) is 13. The summed E-state index contributed by atoms with van der Waals surface area (Å²) in [5.41, 5.74) is 9.92. The van der Waals surface area contributed by atoms with Gasteiger partial charge in [-0.2, -0.15) is 0 Å². The van der Waals surface area contributed by atoms with E-state index in [2.05, 4.69) is 113 Å². The van der Waals surface area contributed by atoms with Crippen LogP contribution in [0.25, 0.3) is 32.9 Å². The lowest BCUT2D eigenvalue weighted by molar-refractivity contribution is -0.153. The molecule has 0 aliphatic heterocycles. The lowest BCUT2D eigenvalue weighted by Crippen LogP contribution is -2.30. The minimum absolute atomic E-state index is 0.0252. The first-order valence-electron chi connectivity index (χ1n) is 21.4. The predicted molar refractivity (Wildman–Crippen MR) is 261 cm³/mol. The van der Waals surface area contributed by atoms with Crippen LogP contribution in [0.2, 0.25) is 0 Å². The number of nitrogens with zero attached hydrogens (tertiary/aromatic N) is 6. The number of fused-ring (bicyclic) bond motifs is 2. The summed E-state index contributed by atoms with van der Waals surface area (Å²) in [6.07, 6.45) is 4.87. The van der Waals surface area contributed by atoms with E-state index in [9.17, 15) is 19.2 Å². The number of carboxylic acids is 1. The van der Waals surface area contributed by atoms with E-state index in [1.54, 1.807) is 41.5 Å². The van der Waals surface area contributed by atoms with Gasteiger partial charge in [0.05, 0.1) is 41.0 Å². The van der Waals surface area contributed by atoms with Gasteiger partial charge in [-0.25, -0.2) is 0 Å². The molecule has 18 heteroatoms. The van der Waals surface area contributed by atoms with Gasteiger partial charge in [-0.3, -0.25) is 28.3 Å². The molecule has 0 amide bonds. The van der Waals surface area contributed by atoms with Crippen LogP contribution in [0, 0.1) is 5.92 Å². The van der Waals surface area contributed by atoms with E-state index in [1.807, 2.05) is 21.3 Å². The number of aliphatic carboxylic acids is 1. The summed E-state index contributed by atoms with van der Waals surface area (Å²) < 4.78 is 14.9. The molecule has 2 aromatic heterocycles. The highest BCUT2D eigenvalue weighted by molar-refractivity contribution is 9.10. The minimum Gasteiger partial charge on any atom is -0.481 e. The molecule has 14 nitrogen and oxygen atoms in total. The van der Waals surface area contributed by atoms with Crippen LogP contribution in [0.4, 0.5) is 0 Å². The summed E-state index contributed by atoms with van der Waals surface area (Å²) in [7, 11) is 0. The molecule has 2 heterocycles. The van der Waals surface area contributed by atoms with Crippen molar-refractivity contribution in [2.45, 2.75) is 114 Å². The van der Waals surface area contributed by atoms with Gasteiger partial charge in [-0.1, -0.05) is 91.1 Å². The molecule has 8 rings (SSSR count). The number of hydrogen-bond donors (Lipinski definition) is 2. The maximum Gasteiger partial charge on any atom is 0.322 e. The molecule has 2 fully saturated rings. The third-order valence-electron chi connectivity index (χ3n) is 10.3. The number of esters is 2. The average molecular weight is 1050 g/mol. The molecule has 2 aliphatic carbocycles. The van der Waals surface area contributed by atoms with Crippen molar-refractivity contribution in [3.63, 3.8) is 0 Å². The third kappa shape index (κ3) is 13.3. The van der Waals surface area contributed by atoms with Crippen molar-refractivity contribution in [1.82, 2.24) is 29.5 Å². The van der Waals surface area contributed by atoms with Crippen molar-refractivity contribution >= 4 is 101 Å². The smallest absolute Gasteiger partial charge is 0.322 e. The lowest BCUT2D eigenvalue weighted by Gasteiger charge is -2.14. The Kier molecular flexibility index (Phi) is 17.4. The Bertz CT molecular complexity index is 2660. The third-order valence-corrected chi connectivity index (χ3v) is 13.2. The zero-order valence-corrected chi connectivity index (χ0v) is 41.9. The maximum absolute atomic E-state index is 12.5. The molecule has 2 atom stereocenters. The molecule has 2 unspecified atom stereocenters. The molecule has 0 saturated heterocycles. The number of carbonyl (C=O) groups is 4. The van der Waals surface area contributed by atoms with Gasteiger partial charge in [0, 0.05) is 17.2 Å². The molecule has 2 saturated carbocycles. The molecule has 344 valence electrons. The topological polar surface area (TPSA) is 194 Å². The fourth-order valence-corrected chi connectivity index (χ4v) is 9.64. The number of thioether (sulfide) groups is 2. The van der Waals surface area contributed by atoms with E-state index >= 15 is 0 Å². The van der Waals surface area contributed by atoms with Crippen molar-refractivity contribution < 1.29 is 33.8 Å². The second kappa shape index (κ2) is 22.7. The molecule has 0 spiro atoms. The number of carbonyl (C=O) groups excluding carboxylic acids is 3. The van der Waals surface area contributed by atoms with Crippen LogP contribution in [0.5, 0.6) is 0 Å². The van der Waals surface area contributed by atoms with Crippen molar-refractivity contribution in [1.29, 1.82) is 0 Å². The summed E-state index contributed by atoms with van der Waals surface area (Å²) in [5, 5.41) is 31.5. The molecule has 0 bridgehead atoms. The Hall–Kier alpha value is -4.62. The van der Waals surface area contributed by atoms with E-state index in [0.29, 0.717) is 31.6 Å². The molecule has 0 radical (unpaired) electrons. The van der Waals surface area contributed by atoms with Crippen LogP contribution in [-0.2, 0) is 28.7 Å². The summed E-state index contributed by atoms with van der Waals surface area (Å²) in [4.78, 5) is 46.0. The fourth-order valence-electron chi connectivity index (χ4n) is 7.04. The maximum atomic E-state index is 12.5. The fraction of sp³-hybridized carbons (Fsp3) is 0.404. The SMILES string of the molecule is CC(C)OC(=O)C(C)CC(=O)CSc1nnc(Br)n1-c1ccc(C2CC2)c2ccccc12.CC(C)OC(=O)C(C)N.O=C(O)CSc1nnc(Br)n1-c1ccc(C2CC2)c2ccccc12. The highest BCUT2D eigenvalue weighted by Crippen LogP contribution is 2.46. The van der Waals surface area contributed by atoms with E-state index in [-0.39, 0.29) is 47.9 Å². The highest BCUT2D eigenvalue weighted by Gasteiger charge is 2.28. The molecule has 65 heavy (non-hydrogen) atoms. The number of benzene rings is 4.